The van der Waals surface area contributed by atoms with E-state index in [1.54, 1.807) is 30.3 Å². The summed E-state index contributed by atoms with van der Waals surface area (Å²) in [5, 5.41) is 16.9. The molecule has 0 spiro atoms. The van der Waals surface area contributed by atoms with Gasteiger partial charge in [0.15, 0.2) is 0 Å². The van der Waals surface area contributed by atoms with Crippen molar-refractivity contribution >= 4 is 47.4 Å². The lowest BCUT2D eigenvalue weighted by molar-refractivity contribution is -0.138. The van der Waals surface area contributed by atoms with Gasteiger partial charge in [-0.05, 0) is 35.4 Å². The van der Waals surface area contributed by atoms with Crippen LogP contribution in [0.15, 0.2) is 71.8 Å². The number of rotatable bonds is 8. The lowest BCUT2D eigenvalue weighted by Crippen LogP contribution is -2.24. The molecule has 0 fully saturated rings. The predicted molar refractivity (Wildman–Crippen MR) is 144 cm³/mol. The van der Waals surface area contributed by atoms with Crippen LogP contribution < -0.4 is 10.3 Å². The Hall–Kier alpha value is -3.91. The molecule has 0 saturated carbocycles. The van der Waals surface area contributed by atoms with Crippen LogP contribution in [0.2, 0.25) is 10.0 Å². The van der Waals surface area contributed by atoms with Gasteiger partial charge >= 0.3 is 6.18 Å². The molecule has 204 valence electrons. The van der Waals surface area contributed by atoms with E-state index in [-0.39, 0.29) is 10.7 Å². The molecule has 0 saturated heterocycles. The summed E-state index contributed by atoms with van der Waals surface area (Å²) in [6.07, 6.45) is -2.91. The van der Waals surface area contributed by atoms with Crippen LogP contribution >= 0.6 is 23.2 Å². The molecule has 1 atom stereocenters. The van der Waals surface area contributed by atoms with E-state index in [1.807, 2.05) is 6.07 Å². The van der Waals surface area contributed by atoms with Gasteiger partial charge in [-0.2, -0.15) is 23.5 Å². The van der Waals surface area contributed by atoms with E-state index in [2.05, 4.69) is 15.2 Å². The number of carbonyl (C=O) groups is 2. The van der Waals surface area contributed by atoms with Gasteiger partial charge in [-0.25, -0.2) is 5.01 Å². The van der Waals surface area contributed by atoms with E-state index in [0.29, 0.717) is 29.3 Å². The first-order chi connectivity index (χ1) is 18.5. The molecule has 2 amide bonds. The van der Waals surface area contributed by atoms with E-state index in [1.165, 1.54) is 50.6 Å². The maximum atomic E-state index is 14.1. The number of amides is 2. The highest BCUT2D eigenvalue weighted by Gasteiger charge is 2.38. The number of nitrogens with one attached hydrogen (secondary N) is 1. The van der Waals surface area contributed by atoms with Crippen LogP contribution in [0.5, 0.6) is 0 Å². The van der Waals surface area contributed by atoms with Crippen molar-refractivity contribution in [3.05, 3.63) is 99.0 Å². The van der Waals surface area contributed by atoms with Crippen molar-refractivity contribution in [2.24, 2.45) is 5.10 Å². The SMILES string of the molecule is CC(=O)N(/N=C/c1ccccc1)c1cc(Cl)c(C(C#N)c2ccc(Cl)cc2)c(C(F)(F)F)c1.COCNC=O. The minimum Gasteiger partial charge on any atom is -0.365 e. The summed E-state index contributed by atoms with van der Waals surface area (Å²) >= 11 is 12.2. The standard InChI is InChI=1S/C24H16Cl2F3N3O.C3H7NO2/c1-15(33)32(31-14-16-5-3-2-4-6-16)19-11-21(24(27,28)29)23(22(26)12-19)20(13-30)17-7-9-18(25)10-8-17;1-6-3-4-2-5/h2-12,14,20H,1H3;2H,3H2,1H3,(H,4,5)/b31-14+;. The molecule has 12 heteroatoms. The second-order valence-corrected chi connectivity index (χ2v) is 8.58. The molecule has 1 N–H and O–H groups in total. The molecular formula is C27H23Cl2F3N4O3. The van der Waals surface area contributed by atoms with Gasteiger partial charge < -0.3 is 10.1 Å². The average Bonchev–Trinajstić information content (AvgIpc) is 2.90. The summed E-state index contributed by atoms with van der Waals surface area (Å²) < 4.78 is 46.6. The van der Waals surface area contributed by atoms with Crippen LogP contribution in [0.1, 0.15) is 35.1 Å². The minimum absolute atomic E-state index is 0.177. The monoisotopic (exact) mass is 578 g/mol. The number of nitriles is 1. The van der Waals surface area contributed by atoms with Gasteiger partial charge in [-0.3, -0.25) is 9.59 Å². The Balaban J connectivity index is 0.000000798. The lowest BCUT2D eigenvalue weighted by atomic mass is 9.88. The van der Waals surface area contributed by atoms with E-state index >= 15 is 0 Å². The maximum Gasteiger partial charge on any atom is 0.416 e. The number of ether oxygens (including phenoxy) is 1. The number of methoxy groups -OCH3 is 1. The van der Waals surface area contributed by atoms with Crippen LogP contribution in [-0.4, -0.2) is 32.4 Å². The molecule has 39 heavy (non-hydrogen) atoms. The van der Waals surface area contributed by atoms with Gasteiger partial charge in [0.05, 0.1) is 29.5 Å². The molecule has 7 nitrogen and oxygen atoms in total. The Bertz CT molecular complexity index is 1330. The van der Waals surface area contributed by atoms with Crippen LogP contribution in [0.4, 0.5) is 18.9 Å². The zero-order chi connectivity index (χ0) is 29.0. The number of benzene rings is 3. The second-order valence-electron chi connectivity index (χ2n) is 7.74. The topological polar surface area (TPSA) is 94.8 Å². The number of nitrogens with zero attached hydrogens (tertiary/aromatic N) is 3. The third-order valence-corrected chi connectivity index (χ3v) is 5.58. The molecule has 0 radical (unpaired) electrons. The van der Waals surface area contributed by atoms with Crippen LogP contribution in [0, 0.1) is 11.3 Å². The quantitative estimate of drug-likeness (QED) is 0.110. The third-order valence-electron chi connectivity index (χ3n) is 5.02. The first-order valence-corrected chi connectivity index (χ1v) is 11.9. The van der Waals surface area contributed by atoms with Crippen molar-refractivity contribution in [1.82, 2.24) is 5.32 Å². The van der Waals surface area contributed by atoms with Crippen molar-refractivity contribution in [3.8, 4) is 6.07 Å². The summed E-state index contributed by atoms with van der Waals surface area (Å²) in [5.74, 6) is -1.92. The van der Waals surface area contributed by atoms with Crippen molar-refractivity contribution in [1.29, 1.82) is 5.26 Å². The molecular weight excluding hydrogens is 556 g/mol. The number of halogens is 5. The van der Waals surface area contributed by atoms with Crippen molar-refractivity contribution in [3.63, 3.8) is 0 Å². The highest BCUT2D eigenvalue weighted by Crippen LogP contribution is 2.43. The highest BCUT2D eigenvalue weighted by atomic mass is 35.5. The molecule has 3 aromatic rings. The van der Waals surface area contributed by atoms with Gasteiger partial charge in [0.25, 0.3) is 0 Å². The summed E-state index contributed by atoms with van der Waals surface area (Å²) in [5.41, 5.74) is -0.771. The maximum absolute atomic E-state index is 14.1. The molecule has 0 heterocycles. The average molecular weight is 579 g/mol. The summed E-state index contributed by atoms with van der Waals surface area (Å²) in [6, 6.07) is 18.5. The molecule has 1 unspecified atom stereocenters. The fourth-order valence-electron chi connectivity index (χ4n) is 3.33. The van der Waals surface area contributed by atoms with Crippen LogP contribution in [-0.2, 0) is 20.5 Å². The van der Waals surface area contributed by atoms with Gasteiger partial charge in [0.1, 0.15) is 6.73 Å². The van der Waals surface area contributed by atoms with Crippen molar-refractivity contribution in [2.45, 2.75) is 19.0 Å². The first kappa shape index (κ1) is 31.3. The molecule has 0 aliphatic heterocycles. The molecule has 0 bridgehead atoms. The Morgan fingerprint density at radius 2 is 1.79 bits per heavy atom. The number of hydrazone groups is 1. The first-order valence-electron chi connectivity index (χ1n) is 11.1. The summed E-state index contributed by atoms with van der Waals surface area (Å²) in [7, 11) is 1.51. The zero-order valence-electron chi connectivity index (χ0n) is 20.7. The van der Waals surface area contributed by atoms with E-state index in [0.717, 1.165) is 11.1 Å². The van der Waals surface area contributed by atoms with Crippen LogP contribution in [0.3, 0.4) is 0 Å². The smallest absolute Gasteiger partial charge is 0.365 e. The molecule has 3 aromatic carbocycles. The van der Waals surface area contributed by atoms with Gasteiger partial charge in [0.2, 0.25) is 12.3 Å². The number of hydrogen-bond donors (Lipinski definition) is 1. The fraction of sp³-hybridized carbons (Fsp3) is 0.185. The fourth-order valence-corrected chi connectivity index (χ4v) is 3.77. The number of carbonyl (C=O) groups excluding carboxylic acids is 2. The third kappa shape index (κ3) is 9.11. The van der Waals surface area contributed by atoms with E-state index < -0.39 is 29.1 Å². The van der Waals surface area contributed by atoms with E-state index in [9.17, 15) is 28.0 Å². The highest BCUT2D eigenvalue weighted by molar-refractivity contribution is 6.32. The largest absolute Gasteiger partial charge is 0.416 e. The Morgan fingerprint density at radius 3 is 2.28 bits per heavy atom. The van der Waals surface area contributed by atoms with Gasteiger partial charge in [0, 0.05) is 29.6 Å². The Kier molecular flexibility index (Phi) is 11.9. The minimum atomic E-state index is -4.85. The number of anilines is 1. The van der Waals surface area contributed by atoms with Crippen molar-refractivity contribution in [2.75, 3.05) is 18.8 Å². The Morgan fingerprint density at radius 1 is 1.15 bits per heavy atom. The van der Waals surface area contributed by atoms with Gasteiger partial charge in [-0.1, -0.05) is 65.7 Å². The zero-order valence-corrected chi connectivity index (χ0v) is 22.3. The number of hydrogen-bond acceptors (Lipinski definition) is 5. The Labute approximate surface area is 233 Å². The molecule has 0 aromatic heterocycles. The second kappa shape index (κ2) is 14.9. The molecule has 3 rings (SSSR count). The summed E-state index contributed by atoms with van der Waals surface area (Å²) in [4.78, 5) is 21.6. The molecule has 0 aliphatic rings. The summed E-state index contributed by atoms with van der Waals surface area (Å²) in [6.45, 7) is 1.46. The number of alkyl halides is 3. The van der Waals surface area contributed by atoms with Gasteiger partial charge in [-0.15, -0.1) is 0 Å². The van der Waals surface area contributed by atoms with Crippen LogP contribution in [0.25, 0.3) is 0 Å². The molecule has 0 aliphatic carbocycles. The lowest BCUT2D eigenvalue weighted by Gasteiger charge is -2.23. The predicted octanol–water partition coefficient (Wildman–Crippen LogP) is 6.39. The normalized spacial score (nSPS) is 11.6. The van der Waals surface area contributed by atoms with Crippen molar-refractivity contribution < 1.29 is 27.5 Å². The van der Waals surface area contributed by atoms with E-state index in [4.69, 9.17) is 23.2 Å².